The predicted octanol–water partition coefficient (Wildman–Crippen LogP) is 0.629. The highest BCUT2D eigenvalue weighted by atomic mass is 16.6. The molecule has 0 aromatic carbocycles. The summed E-state index contributed by atoms with van der Waals surface area (Å²) >= 11 is 0. The number of hydrogen-bond acceptors (Lipinski definition) is 3. The minimum atomic E-state index is -0.597. The van der Waals surface area contributed by atoms with Gasteiger partial charge < -0.3 is 5.32 Å². The summed E-state index contributed by atoms with van der Waals surface area (Å²) in [4.78, 5) is 21.9. The Morgan fingerprint density at radius 3 is 2.50 bits per heavy atom. The van der Waals surface area contributed by atoms with E-state index < -0.39 is 11.9 Å². The van der Waals surface area contributed by atoms with E-state index in [0.717, 1.165) is 6.42 Å². The molecule has 6 heteroatoms. The zero-order valence-electron chi connectivity index (χ0n) is 8.54. The van der Waals surface area contributed by atoms with E-state index >= 15 is 0 Å². The normalized spacial score (nSPS) is 9.36. The fraction of sp³-hybridized carbons (Fsp3) is 0.750. The largest absolute Gasteiger partial charge is 0.337 e. The number of hydroxylamine groups is 1. The number of amides is 3. The van der Waals surface area contributed by atoms with Crippen LogP contribution in [0.5, 0.6) is 0 Å². The van der Waals surface area contributed by atoms with E-state index in [2.05, 4.69) is 5.32 Å². The van der Waals surface area contributed by atoms with Crippen LogP contribution in [0.25, 0.3) is 0 Å². The van der Waals surface area contributed by atoms with Crippen LogP contribution >= 0.6 is 0 Å². The van der Waals surface area contributed by atoms with Gasteiger partial charge in [0.1, 0.15) is 0 Å². The van der Waals surface area contributed by atoms with Gasteiger partial charge in [0.25, 0.3) is 5.91 Å². The van der Waals surface area contributed by atoms with Crippen molar-refractivity contribution in [3.63, 3.8) is 0 Å². The van der Waals surface area contributed by atoms with Crippen molar-refractivity contribution in [2.24, 2.45) is 0 Å². The molecule has 6 nitrogen and oxygen atoms in total. The zero-order valence-corrected chi connectivity index (χ0v) is 8.54. The van der Waals surface area contributed by atoms with Crippen LogP contribution in [0, 0.1) is 0 Å². The molecular formula is C8H17N3O3. The molecule has 3 N–H and O–H groups in total. The molecule has 0 bridgehead atoms. The molecule has 0 atom stereocenters. The van der Waals surface area contributed by atoms with Crippen molar-refractivity contribution in [1.82, 2.24) is 15.9 Å². The van der Waals surface area contributed by atoms with Crippen LogP contribution in [-0.4, -0.2) is 28.9 Å². The molecule has 0 aromatic rings. The van der Waals surface area contributed by atoms with Gasteiger partial charge in [-0.3, -0.25) is 10.0 Å². The molecule has 0 fully saturated rings. The number of rotatable bonds is 4. The van der Waals surface area contributed by atoms with Gasteiger partial charge in [-0.05, 0) is 13.3 Å². The van der Waals surface area contributed by atoms with Gasteiger partial charge in [0.2, 0.25) is 0 Å². The predicted molar refractivity (Wildman–Crippen MR) is 50.4 cm³/mol. The molecule has 14 heavy (non-hydrogen) atoms. The zero-order chi connectivity index (χ0) is 11.0. The van der Waals surface area contributed by atoms with Crippen LogP contribution in [-0.2, 0) is 4.79 Å². The lowest BCUT2D eigenvalue weighted by Gasteiger charge is -2.15. The van der Waals surface area contributed by atoms with Gasteiger partial charge in [-0.1, -0.05) is 13.3 Å². The first kappa shape index (κ1) is 12.7. The van der Waals surface area contributed by atoms with Gasteiger partial charge in [-0.15, -0.1) is 5.17 Å². The Labute approximate surface area is 83.2 Å². The maximum absolute atomic E-state index is 11.1. The van der Waals surface area contributed by atoms with Crippen LogP contribution < -0.4 is 10.7 Å². The van der Waals surface area contributed by atoms with Gasteiger partial charge in [-0.25, -0.2) is 10.2 Å². The number of nitrogens with one attached hydrogen (secondary N) is 2. The first-order valence-corrected chi connectivity index (χ1v) is 4.68. The molecule has 0 saturated heterocycles. The van der Waals surface area contributed by atoms with Crippen molar-refractivity contribution in [3.8, 4) is 0 Å². The molecule has 0 saturated carbocycles. The summed E-state index contributed by atoms with van der Waals surface area (Å²) in [7, 11) is 0. The van der Waals surface area contributed by atoms with Crippen molar-refractivity contribution in [1.29, 1.82) is 0 Å². The Morgan fingerprint density at radius 2 is 2.00 bits per heavy atom. The number of urea groups is 1. The minimum Gasteiger partial charge on any atom is -0.337 e. The Balaban J connectivity index is 3.76. The quantitative estimate of drug-likeness (QED) is 0.463. The number of unbranched alkanes of at least 4 members (excludes halogenated alkanes) is 1. The second kappa shape index (κ2) is 7.14. The minimum absolute atomic E-state index is 0.222. The summed E-state index contributed by atoms with van der Waals surface area (Å²) in [5, 5.41) is 11.7. The van der Waals surface area contributed by atoms with Crippen LogP contribution in [0.4, 0.5) is 4.79 Å². The SMILES string of the molecule is CCCCC(=O)N(O)NC(=O)NCC. The number of nitrogens with zero attached hydrogens (tertiary/aromatic N) is 1. The maximum atomic E-state index is 11.1. The van der Waals surface area contributed by atoms with Gasteiger partial charge in [0.05, 0.1) is 0 Å². The number of carbonyl (C=O) groups excluding carboxylic acids is 2. The third kappa shape index (κ3) is 5.36. The van der Waals surface area contributed by atoms with E-state index in [1.54, 1.807) is 6.92 Å². The van der Waals surface area contributed by atoms with E-state index in [1.165, 1.54) is 0 Å². The number of hydrogen-bond donors (Lipinski definition) is 3. The second-order valence-corrected chi connectivity index (χ2v) is 2.78. The summed E-state index contributed by atoms with van der Waals surface area (Å²) in [6, 6.07) is -0.597. The van der Waals surface area contributed by atoms with Gasteiger partial charge in [0.15, 0.2) is 0 Å². The monoisotopic (exact) mass is 203 g/mol. The first-order chi connectivity index (χ1) is 6.61. The number of carbonyl (C=O) groups is 2. The molecule has 0 aliphatic heterocycles. The smallest absolute Gasteiger partial charge is 0.335 e. The highest BCUT2D eigenvalue weighted by Crippen LogP contribution is 1.96. The topological polar surface area (TPSA) is 81.7 Å². The molecular weight excluding hydrogens is 186 g/mol. The molecule has 0 heterocycles. The van der Waals surface area contributed by atoms with Crippen molar-refractivity contribution in [2.45, 2.75) is 33.1 Å². The van der Waals surface area contributed by atoms with E-state index in [1.807, 2.05) is 12.3 Å². The average Bonchev–Trinajstić information content (AvgIpc) is 2.14. The van der Waals surface area contributed by atoms with E-state index in [0.29, 0.717) is 13.0 Å². The number of hydrazine groups is 1. The Kier molecular flexibility index (Phi) is 6.47. The lowest BCUT2D eigenvalue weighted by molar-refractivity contribution is -0.175. The van der Waals surface area contributed by atoms with Crippen molar-refractivity contribution in [3.05, 3.63) is 0 Å². The van der Waals surface area contributed by atoms with Gasteiger partial charge in [-0.2, -0.15) is 0 Å². The Hall–Kier alpha value is -1.30. The summed E-state index contributed by atoms with van der Waals surface area (Å²) < 4.78 is 0. The second-order valence-electron chi connectivity index (χ2n) is 2.78. The highest BCUT2D eigenvalue weighted by molar-refractivity contribution is 5.80. The van der Waals surface area contributed by atoms with Gasteiger partial charge in [0, 0.05) is 13.0 Å². The molecule has 0 spiro atoms. The first-order valence-electron chi connectivity index (χ1n) is 4.68. The molecule has 0 aromatic heterocycles. The molecule has 0 radical (unpaired) electrons. The highest BCUT2D eigenvalue weighted by Gasteiger charge is 2.12. The standard InChI is InChI=1S/C8H17N3O3/c1-3-5-6-7(12)11(14)10-8(13)9-4-2/h14H,3-6H2,1-2H3,(H2,9,10,13). The van der Waals surface area contributed by atoms with Crippen molar-refractivity contribution >= 4 is 11.9 Å². The lowest BCUT2D eigenvalue weighted by Crippen LogP contribution is -2.48. The average molecular weight is 203 g/mol. The molecule has 0 rings (SSSR count). The Bertz CT molecular complexity index is 196. The third-order valence-electron chi connectivity index (χ3n) is 1.53. The van der Waals surface area contributed by atoms with Crippen molar-refractivity contribution in [2.75, 3.05) is 6.54 Å². The maximum Gasteiger partial charge on any atom is 0.335 e. The Morgan fingerprint density at radius 1 is 1.36 bits per heavy atom. The summed E-state index contributed by atoms with van der Waals surface area (Å²) in [6.07, 6.45) is 1.77. The van der Waals surface area contributed by atoms with E-state index in [9.17, 15) is 9.59 Å². The summed E-state index contributed by atoms with van der Waals surface area (Å²) in [5.74, 6) is -0.516. The summed E-state index contributed by atoms with van der Waals surface area (Å²) in [5.41, 5.74) is 1.98. The van der Waals surface area contributed by atoms with E-state index in [-0.39, 0.29) is 11.6 Å². The molecule has 0 aliphatic carbocycles. The fourth-order valence-electron chi connectivity index (χ4n) is 0.793. The van der Waals surface area contributed by atoms with Crippen molar-refractivity contribution < 1.29 is 14.8 Å². The fourth-order valence-corrected chi connectivity index (χ4v) is 0.793. The van der Waals surface area contributed by atoms with Crippen LogP contribution in [0.3, 0.4) is 0 Å². The lowest BCUT2D eigenvalue weighted by atomic mass is 10.2. The third-order valence-corrected chi connectivity index (χ3v) is 1.53. The molecule has 82 valence electrons. The van der Waals surface area contributed by atoms with Gasteiger partial charge >= 0.3 is 6.03 Å². The van der Waals surface area contributed by atoms with Crippen LogP contribution in [0.15, 0.2) is 0 Å². The summed E-state index contributed by atoms with van der Waals surface area (Å²) in [6.45, 7) is 4.11. The van der Waals surface area contributed by atoms with Crippen LogP contribution in [0.2, 0.25) is 0 Å². The molecule has 0 unspecified atom stereocenters. The van der Waals surface area contributed by atoms with Crippen LogP contribution in [0.1, 0.15) is 33.1 Å². The van der Waals surface area contributed by atoms with E-state index in [4.69, 9.17) is 5.21 Å². The molecule has 3 amide bonds. The molecule has 0 aliphatic rings.